The third-order valence-corrected chi connectivity index (χ3v) is 4.26. The lowest BCUT2D eigenvalue weighted by molar-refractivity contribution is -0.119. The van der Waals surface area contributed by atoms with E-state index in [4.69, 9.17) is 13.6 Å². The first kappa shape index (κ1) is 16.4. The lowest BCUT2D eigenvalue weighted by atomic mass is 10.3. The van der Waals surface area contributed by atoms with Crippen molar-refractivity contribution in [3.05, 3.63) is 36.4 Å². The number of anilines is 1. The van der Waals surface area contributed by atoms with Crippen molar-refractivity contribution in [2.24, 2.45) is 0 Å². The van der Waals surface area contributed by atoms with E-state index in [9.17, 15) is 14.2 Å². The molecule has 118 valence electrons. The van der Waals surface area contributed by atoms with Crippen molar-refractivity contribution in [2.45, 2.75) is 13.8 Å². The highest BCUT2D eigenvalue weighted by Crippen LogP contribution is 2.49. The van der Waals surface area contributed by atoms with Gasteiger partial charge in [0.2, 0.25) is 0 Å². The third-order valence-electron chi connectivity index (χ3n) is 2.68. The number of benzene rings is 1. The van der Waals surface area contributed by atoms with Gasteiger partial charge in [0.15, 0.2) is 0 Å². The largest absolute Gasteiger partial charge is 0.530 e. The highest BCUT2D eigenvalue weighted by atomic mass is 31.2. The summed E-state index contributed by atoms with van der Waals surface area (Å²) in [6.45, 7) is 3.64. The monoisotopic (exact) mass is 325 g/mol. The number of hydrogen-bond donors (Lipinski definition) is 0. The molecule has 0 saturated carbocycles. The maximum atomic E-state index is 12.3. The fourth-order valence-corrected chi connectivity index (χ4v) is 3.05. The molecule has 0 saturated heterocycles. The molecule has 1 aliphatic heterocycles. The number of hydrogen-bond acceptors (Lipinski definition) is 6. The Morgan fingerprint density at radius 2 is 1.64 bits per heavy atom. The van der Waals surface area contributed by atoms with Crippen LogP contribution in [0.25, 0.3) is 0 Å². The molecule has 22 heavy (non-hydrogen) atoms. The molecule has 0 spiro atoms. The van der Waals surface area contributed by atoms with E-state index in [0.29, 0.717) is 5.69 Å². The zero-order valence-electron chi connectivity index (χ0n) is 12.2. The number of carbonyl (C=O) groups is 2. The van der Waals surface area contributed by atoms with Gasteiger partial charge in [-0.1, -0.05) is 6.07 Å². The van der Waals surface area contributed by atoms with Gasteiger partial charge in [-0.05, 0) is 26.0 Å². The van der Waals surface area contributed by atoms with E-state index < -0.39 is 19.6 Å². The molecule has 0 bridgehead atoms. The lowest BCUT2D eigenvalue weighted by Gasteiger charge is -2.19. The Morgan fingerprint density at radius 1 is 1.05 bits per heavy atom. The Morgan fingerprint density at radius 3 is 2.18 bits per heavy atom. The Balaban J connectivity index is 2.23. The minimum Gasteiger partial charge on any atom is -0.404 e. The van der Waals surface area contributed by atoms with Crippen molar-refractivity contribution in [2.75, 3.05) is 18.1 Å². The van der Waals surface area contributed by atoms with Crippen molar-refractivity contribution in [1.82, 2.24) is 0 Å². The van der Waals surface area contributed by atoms with Crippen LogP contribution < -0.4 is 9.42 Å². The Hall–Kier alpha value is -1.95. The van der Waals surface area contributed by atoms with Gasteiger partial charge in [-0.15, -0.1) is 0 Å². The van der Waals surface area contributed by atoms with Crippen molar-refractivity contribution in [1.29, 1.82) is 0 Å². The molecule has 0 atom stereocenters. The van der Waals surface area contributed by atoms with Crippen LogP contribution in [0.4, 0.5) is 5.69 Å². The molecule has 7 nitrogen and oxygen atoms in total. The van der Waals surface area contributed by atoms with Crippen molar-refractivity contribution >= 4 is 25.3 Å². The van der Waals surface area contributed by atoms with Crippen LogP contribution in [0, 0.1) is 0 Å². The highest BCUT2D eigenvalue weighted by Gasteiger charge is 2.29. The van der Waals surface area contributed by atoms with Gasteiger partial charge in [0, 0.05) is 18.2 Å². The normalized spacial score (nSPS) is 14.7. The number of amides is 2. The predicted molar refractivity (Wildman–Crippen MR) is 79.6 cm³/mol. The minimum absolute atomic E-state index is 0.157. The molecule has 2 rings (SSSR count). The van der Waals surface area contributed by atoms with Crippen LogP contribution >= 0.6 is 7.82 Å². The van der Waals surface area contributed by atoms with Gasteiger partial charge < -0.3 is 4.52 Å². The van der Waals surface area contributed by atoms with Crippen LogP contribution in [-0.2, 0) is 23.2 Å². The summed E-state index contributed by atoms with van der Waals surface area (Å²) in [5.41, 5.74) is 0.317. The summed E-state index contributed by atoms with van der Waals surface area (Å²) < 4.78 is 27.7. The SMILES string of the molecule is CCOP(=O)(OCC)Oc1cccc(N2C(=O)C=CC2=O)c1. The summed E-state index contributed by atoms with van der Waals surface area (Å²) in [4.78, 5) is 24.3. The van der Waals surface area contributed by atoms with E-state index in [1.54, 1.807) is 26.0 Å². The van der Waals surface area contributed by atoms with E-state index >= 15 is 0 Å². The van der Waals surface area contributed by atoms with Crippen molar-refractivity contribution in [3.63, 3.8) is 0 Å². The van der Waals surface area contributed by atoms with Crippen LogP contribution in [0.2, 0.25) is 0 Å². The summed E-state index contributed by atoms with van der Waals surface area (Å²) in [7, 11) is -3.73. The third kappa shape index (κ3) is 3.62. The van der Waals surface area contributed by atoms with Crippen LogP contribution in [0.1, 0.15) is 13.8 Å². The van der Waals surface area contributed by atoms with Crippen LogP contribution in [-0.4, -0.2) is 25.0 Å². The van der Waals surface area contributed by atoms with E-state index in [1.165, 1.54) is 24.3 Å². The molecule has 1 aromatic carbocycles. The quantitative estimate of drug-likeness (QED) is 0.566. The molecule has 0 aromatic heterocycles. The van der Waals surface area contributed by atoms with Crippen LogP contribution in [0.5, 0.6) is 5.75 Å². The van der Waals surface area contributed by atoms with E-state index in [2.05, 4.69) is 0 Å². The molecule has 1 aliphatic rings. The van der Waals surface area contributed by atoms with Gasteiger partial charge >= 0.3 is 7.82 Å². The molecule has 8 heteroatoms. The summed E-state index contributed by atoms with van der Waals surface area (Å²) in [6, 6.07) is 6.11. The molecular formula is C14H16NO6P. The Labute approximate surface area is 128 Å². The van der Waals surface area contributed by atoms with Gasteiger partial charge in [-0.25, -0.2) is 9.46 Å². The molecule has 1 aromatic rings. The summed E-state index contributed by atoms with van der Waals surface area (Å²) >= 11 is 0. The topological polar surface area (TPSA) is 82.1 Å². The van der Waals surface area contributed by atoms with Gasteiger partial charge in [0.05, 0.1) is 18.9 Å². The summed E-state index contributed by atoms with van der Waals surface area (Å²) in [5, 5.41) is 0. The molecule has 1 heterocycles. The maximum Gasteiger partial charge on any atom is 0.530 e. The van der Waals surface area contributed by atoms with Crippen molar-refractivity contribution in [3.8, 4) is 5.75 Å². The van der Waals surface area contributed by atoms with E-state index in [1.807, 2.05) is 0 Å². The second-order valence-corrected chi connectivity index (χ2v) is 5.81. The molecule has 0 unspecified atom stereocenters. The van der Waals surface area contributed by atoms with Crippen molar-refractivity contribution < 1.29 is 27.7 Å². The number of imide groups is 1. The average molecular weight is 325 g/mol. The molecule has 2 amide bonds. The average Bonchev–Trinajstić information content (AvgIpc) is 2.78. The highest BCUT2D eigenvalue weighted by molar-refractivity contribution is 7.48. The molecule has 0 radical (unpaired) electrons. The standard InChI is InChI=1S/C14H16NO6P/c1-3-19-22(18,20-4-2)21-12-7-5-6-11(10-12)15-13(16)8-9-14(15)17/h5-10H,3-4H2,1-2H3. The Kier molecular flexibility index (Phi) is 5.13. The molecule has 0 N–H and O–H groups in total. The summed E-state index contributed by atoms with van der Waals surface area (Å²) in [5.74, 6) is -0.713. The summed E-state index contributed by atoms with van der Waals surface area (Å²) in [6.07, 6.45) is 2.36. The first-order valence-corrected chi connectivity index (χ1v) is 8.20. The second kappa shape index (κ2) is 6.87. The number of phosphoric ester groups is 1. The fourth-order valence-electron chi connectivity index (χ4n) is 1.87. The number of phosphoric acid groups is 1. The zero-order valence-corrected chi connectivity index (χ0v) is 13.1. The van der Waals surface area contributed by atoms with E-state index in [-0.39, 0.29) is 19.0 Å². The number of carbonyl (C=O) groups excluding carboxylic acids is 2. The van der Waals surface area contributed by atoms with Gasteiger partial charge in [0.25, 0.3) is 11.8 Å². The Bertz CT molecular complexity index is 628. The maximum absolute atomic E-state index is 12.3. The first-order chi connectivity index (χ1) is 10.5. The second-order valence-electron chi connectivity index (χ2n) is 4.22. The van der Waals surface area contributed by atoms with Gasteiger partial charge in [0.1, 0.15) is 5.75 Å². The van der Waals surface area contributed by atoms with Crippen LogP contribution in [0.15, 0.2) is 36.4 Å². The lowest BCUT2D eigenvalue weighted by Crippen LogP contribution is -2.29. The van der Waals surface area contributed by atoms with Gasteiger partial charge in [-0.3, -0.25) is 18.6 Å². The molecule has 0 aliphatic carbocycles. The minimum atomic E-state index is -3.73. The predicted octanol–water partition coefficient (Wildman–Crippen LogP) is 2.68. The zero-order chi connectivity index (χ0) is 16.2. The molecular weight excluding hydrogens is 309 g/mol. The smallest absolute Gasteiger partial charge is 0.404 e. The number of rotatable bonds is 7. The number of nitrogens with zero attached hydrogens (tertiary/aromatic N) is 1. The first-order valence-electron chi connectivity index (χ1n) is 6.74. The van der Waals surface area contributed by atoms with Crippen LogP contribution in [0.3, 0.4) is 0 Å². The van der Waals surface area contributed by atoms with Gasteiger partial charge in [-0.2, -0.15) is 0 Å². The van der Waals surface area contributed by atoms with E-state index in [0.717, 1.165) is 4.90 Å². The fraction of sp³-hybridized carbons (Fsp3) is 0.286. The molecule has 0 fully saturated rings.